The summed E-state index contributed by atoms with van der Waals surface area (Å²) in [6.07, 6.45) is 11.1. The summed E-state index contributed by atoms with van der Waals surface area (Å²) in [6, 6.07) is 0. The van der Waals surface area contributed by atoms with Crippen LogP contribution in [0.25, 0.3) is 0 Å². The molecule has 0 saturated heterocycles. The van der Waals surface area contributed by atoms with Gasteiger partial charge >= 0.3 is 0 Å². The summed E-state index contributed by atoms with van der Waals surface area (Å²) < 4.78 is 0. The average molecular weight is 154 g/mol. The van der Waals surface area contributed by atoms with Gasteiger partial charge in [-0.15, -0.1) is 0 Å². The van der Waals surface area contributed by atoms with Gasteiger partial charge in [0.1, 0.15) is 0 Å². The van der Waals surface area contributed by atoms with Crippen molar-refractivity contribution in [2.45, 2.75) is 12.8 Å². The molecule has 0 aromatic heterocycles. The second-order valence-corrected chi connectivity index (χ2v) is 3.48. The molecule has 0 nitrogen and oxygen atoms in total. The van der Waals surface area contributed by atoms with Gasteiger partial charge in [0.05, 0.1) is 0 Å². The molecule has 0 heterocycles. The Morgan fingerprint density at radius 3 is 1.92 bits per heavy atom. The van der Waals surface area contributed by atoms with Crippen LogP contribution in [0.1, 0.15) is 12.8 Å². The van der Waals surface area contributed by atoms with Gasteiger partial charge in [0.25, 0.3) is 0 Å². The Bertz CT molecular complexity index is 360. The lowest BCUT2D eigenvalue weighted by Gasteiger charge is -1.98. The van der Waals surface area contributed by atoms with Crippen LogP contribution in [0.15, 0.2) is 58.7 Å². The van der Waals surface area contributed by atoms with E-state index in [9.17, 15) is 0 Å². The van der Waals surface area contributed by atoms with Crippen molar-refractivity contribution in [3.8, 4) is 0 Å². The molecule has 0 amide bonds. The number of rotatable bonds is 0. The molecular formula is C12H10. The molecular weight excluding hydrogens is 144 g/mol. The molecule has 0 aromatic carbocycles. The van der Waals surface area contributed by atoms with Gasteiger partial charge in [0.2, 0.25) is 0 Å². The van der Waals surface area contributed by atoms with Crippen molar-refractivity contribution in [3.05, 3.63) is 58.7 Å². The zero-order chi connectivity index (χ0) is 8.13. The molecule has 3 aliphatic rings. The highest BCUT2D eigenvalue weighted by molar-refractivity contribution is 5.73. The van der Waals surface area contributed by atoms with Gasteiger partial charge in [-0.3, -0.25) is 0 Å². The monoisotopic (exact) mass is 154 g/mol. The molecule has 12 heavy (non-hydrogen) atoms. The highest BCUT2D eigenvalue weighted by atomic mass is 14.3. The lowest BCUT2D eigenvalue weighted by Crippen LogP contribution is -1.80. The van der Waals surface area contributed by atoms with Crippen molar-refractivity contribution in [2.75, 3.05) is 0 Å². The van der Waals surface area contributed by atoms with Gasteiger partial charge in [-0.1, -0.05) is 30.9 Å². The van der Waals surface area contributed by atoms with Gasteiger partial charge in [0.15, 0.2) is 0 Å². The first-order valence-corrected chi connectivity index (χ1v) is 4.37. The summed E-state index contributed by atoms with van der Waals surface area (Å²) in [6.45, 7) is 4.12. The molecule has 0 saturated carbocycles. The fourth-order valence-corrected chi connectivity index (χ4v) is 2.29. The van der Waals surface area contributed by atoms with Gasteiger partial charge in [-0.2, -0.15) is 0 Å². The quantitative estimate of drug-likeness (QED) is 0.503. The van der Waals surface area contributed by atoms with Crippen LogP contribution in [0.5, 0.6) is 0 Å². The van der Waals surface area contributed by atoms with Crippen molar-refractivity contribution in [3.63, 3.8) is 0 Å². The molecule has 3 rings (SSSR count). The minimum absolute atomic E-state index is 1.12. The molecule has 58 valence electrons. The summed E-state index contributed by atoms with van der Waals surface area (Å²) in [5, 5.41) is 0. The van der Waals surface area contributed by atoms with E-state index in [2.05, 4.69) is 30.9 Å². The van der Waals surface area contributed by atoms with E-state index < -0.39 is 0 Å². The van der Waals surface area contributed by atoms with E-state index in [1.165, 1.54) is 27.9 Å². The topological polar surface area (TPSA) is 0 Å². The minimum Gasteiger partial charge on any atom is -0.0905 e. The summed E-state index contributed by atoms with van der Waals surface area (Å²) in [4.78, 5) is 0. The number of allylic oxidation sites excluding steroid dienone is 9. The molecule has 0 aliphatic heterocycles. The molecule has 0 aromatic rings. The van der Waals surface area contributed by atoms with Crippen molar-refractivity contribution >= 4 is 0 Å². The SMILES string of the molecule is C=C1C2=C(CC=C2)C2=C1C=CC2. The van der Waals surface area contributed by atoms with Crippen LogP contribution in [-0.4, -0.2) is 0 Å². The van der Waals surface area contributed by atoms with Crippen molar-refractivity contribution in [2.24, 2.45) is 0 Å². The van der Waals surface area contributed by atoms with Crippen LogP contribution in [0.2, 0.25) is 0 Å². The Morgan fingerprint density at radius 1 is 0.917 bits per heavy atom. The van der Waals surface area contributed by atoms with E-state index in [1.807, 2.05) is 0 Å². The minimum atomic E-state index is 1.12. The fourth-order valence-electron chi connectivity index (χ4n) is 2.29. The smallest absolute Gasteiger partial charge is 0.00849 e. The predicted molar refractivity (Wildman–Crippen MR) is 50.7 cm³/mol. The molecule has 0 spiro atoms. The molecule has 0 radical (unpaired) electrons. The van der Waals surface area contributed by atoms with Gasteiger partial charge in [0, 0.05) is 0 Å². The van der Waals surface area contributed by atoms with Crippen LogP contribution in [-0.2, 0) is 0 Å². The molecule has 0 bridgehead atoms. The maximum atomic E-state index is 4.12. The fraction of sp³-hybridized carbons (Fsp3) is 0.167. The standard InChI is InChI=1S/C12H10/c1-8-9-4-2-6-11(9)12-7-3-5-10(8)12/h2-5H,1,6-7H2. The second kappa shape index (κ2) is 1.89. The molecule has 0 fully saturated rings. The van der Waals surface area contributed by atoms with Gasteiger partial charge in [-0.05, 0) is 40.7 Å². The van der Waals surface area contributed by atoms with E-state index in [-0.39, 0.29) is 0 Å². The molecule has 0 atom stereocenters. The van der Waals surface area contributed by atoms with Crippen molar-refractivity contribution < 1.29 is 0 Å². The van der Waals surface area contributed by atoms with Crippen LogP contribution in [0.4, 0.5) is 0 Å². The van der Waals surface area contributed by atoms with E-state index >= 15 is 0 Å². The summed E-state index contributed by atoms with van der Waals surface area (Å²) >= 11 is 0. The predicted octanol–water partition coefficient (Wildman–Crippen LogP) is 3.07. The Balaban J connectivity index is 2.20. The lowest BCUT2D eigenvalue weighted by atomic mass is 10.1. The van der Waals surface area contributed by atoms with E-state index in [1.54, 1.807) is 0 Å². The molecule has 3 aliphatic carbocycles. The third-order valence-corrected chi connectivity index (χ3v) is 2.88. The van der Waals surface area contributed by atoms with Crippen LogP contribution < -0.4 is 0 Å². The Kier molecular flexibility index (Phi) is 0.984. The zero-order valence-corrected chi connectivity index (χ0v) is 6.93. The van der Waals surface area contributed by atoms with E-state index in [4.69, 9.17) is 0 Å². The van der Waals surface area contributed by atoms with Gasteiger partial charge < -0.3 is 0 Å². The largest absolute Gasteiger partial charge is 0.0905 e. The van der Waals surface area contributed by atoms with Crippen LogP contribution in [0, 0.1) is 0 Å². The maximum absolute atomic E-state index is 4.12. The summed E-state index contributed by atoms with van der Waals surface area (Å²) in [7, 11) is 0. The maximum Gasteiger partial charge on any atom is -0.00849 e. The normalized spacial score (nSPS) is 24.5. The van der Waals surface area contributed by atoms with Crippen LogP contribution in [0.3, 0.4) is 0 Å². The Hall–Kier alpha value is -1.30. The summed E-state index contributed by atoms with van der Waals surface area (Å²) in [5.41, 5.74) is 7.08. The van der Waals surface area contributed by atoms with Crippen molar-refractivity contribution in [1.29, 1.82) is 0 Å². The Morgan fingerprint density at radius 2 is 1.42 bits per heavy atom. The third kappa shape index (κ3) is 0.547. The van der Waals surface area contributed by atoms with E-state index in [0.29, 0.717) is 0 Å². The van der Waals surface area contributed by atoms with Gasteiger partial charge in [-0.25, -0.2) is 0 Å². The molecule has 0 unspecified atom stereocenters. The Labute approximate surface area is 72.3 Å². The number of hydrogen-bond donors (Lipinski definition) is 0. The first-order valence-electron chi connectivity index (χ1n) is 4.37. The zero-order valence-electron chi connectivity index (χ0n) is 6.93. The molecule has 0 N–H and O–H groups in total. The highest BCUT2D eigenvalue weighted by Gasteiger charge is 2.27. The molecule has 0 heteroatoms. The second-order valence-electron chi connectivity index (χ2n) is 3.48. The third-order valence-electron chi connectivity index (χ3n) is 2.88. The van der Waals surface area contributed by atoms with Crippen molar-refractivity contribution in [1.82, 2.24) is 0 Å². The number of hydrogen-bond acceptors (Lipinski definition) is 0. The first kappa shape index (κ1) is 6.24. The number of fused-ring (bicyclic) bond motifs is 1. The van der Waals surface area contributed by atoms with E-state index in [0.717, 1.165) is 12.8 Å². The average Bonchev–Trinajstić information content (AvgIpc) is 2.72. The summed E-state index contributed by atoms with van der Waals surface area (Å²) in [5.74, 6) is 0. The van der Waals surface area contributed by atoms with Crippen LogP contribution >= 0.6 is 0 Å². The lowest BCUT2D eigenvalue weighted by molar-refractivity contribution is 1.18. The first-order chi connectivity index (χ1) is 5.88. The highest BCUT2D eigenvalue weighted by Crippen LogP contribution is 2.46.